The van der Waals surface area contributed by atoms with E-state index in [0.29, 0.717) is 30.4 Å². The van der Waals surface area contributed by atoms with Crippen molar-refractivity contribution in [2.75, 3.05) is 19.8 Å². The van der Waals surface area contributed by atoms with Gasteiger partial charge in [0, 0.05) is 0 Å². The number of aliphatic hydroxyl groups excluding tert-OH is 2. The van der Waals surface area contributed by atoms with Crippen LogP contribution in [-0.4, -0.2) is 60.8 Å². The summed E-state index contributed by atoms with van der Waals surface area (Å²) in [6, 6.07) is 14.1. The highest BCUT2D eigenvalue weighted by atomic mass is 16.7. The fourth-order valence-corrected chi connectivity index (χ4v) is 3.46. The van der Waals surface area contributed by atoms with Crippen LogP contribution < -0.4 is 21.7 Å². The van der Waals surface area contributed by atoms with Crippen molar-refractivity contribution >= 4 is 11.6 Å². The van der Waals surface area contributed by atoms with E-state index in [1.807, 2.05) is 31.2 Å². The molecule has 2 heterocycles. The lowest BCUT2D eigenvalue weighted by atomic mass is 10.1. The molecule has 0 atom stereocenters. The van der Waals surface area contributed by atoms with Gasteiger partial charge in [-0.15, -0.1) is 0 Å². The molecular weight excluding hydrogens is 470 g/mol. The van der Waals surface area contributed by atoms with Gasteiger partial charge >= 0.3 is 11.4 Å². The van der Waals surface area contributed by atoms with E-state index in [9.17, 15) is 24.9 Å². The van der Waals surface area contributed by atoms with Crippen LogP contribution in [0.5, 0.6) is 5.75 Å². The first-order chi connectivity index (χ1) is 17.3. The van der Waals surface area contributed by atoms with E-state index in [1.165, 1.54) is 4.57 Å². The SMILES string of the molecule is Cc1ccc(Cn2c(=O)n(CC(O)(CO)CO)c(=O)[nH]/c2=N\c2ccc(OC3=NOCC3)cc2)cc1. The number of H-pyrrole nitrogens is 1. The maximum Gasteiger partial charge on any atom is 0.335 e. The lowest BCUT2D eigenvalue weighted by Crippen LogP contribution is -2.55. The number of benzene rings is 2. The Morgan fingerprint density at radius 1 is 1.08 bits per heavy atom. The first-order valence-electron chi connectivity index (χ1n) is 11.3. The van der Waals surface area contributed by atoms with Crippen LogP contribution in [0.3, 0.4) is 0 Å². The predicted octanol–water partition coefficient (Wildman–Crippen LogP) is -0.244. The molecule has 0 saturated carbocycles. The maximum absolute atomic E-state index is 13.4. The summed E-state index contributed by atoms with van der Waals surface area (Å²) in [6.07, 6.45) is 0.574. The summed E-state index contributed by atoms with van der Waals surface area (Å²) in [4.78, 5) is 38.1. The molecule has 3 aromatic rings. The number of aryl methyl sites for hydroxylation is 1. The Morgan fingerprint density at radius 3 is 2.39 bits per heavy atom. The normalized spacial score (nSPS) is 14.0. The molecule has 12 heteroatoms. The van der Waals surface area contributed by atoms with Crippen molar-refractivity contribution in [3.05, 3.63) is 86.2 Å². The topological polar surface area (TPSA) is 164 Å². The highest BCUT2D eigenvalue weighted by molar-refractivity contribution is 5.79. The minimum Gasteiger partial charge on any atom is -0.440 e. The molecule has 36 heavy (non-hydrogen) atoms. The van der Waals surface area contributed by atoms with Crippen LogP contribution in [0, 0.1) is 6.92 Å². The van der Waals surface area contributed by atoms with Crippen LogP contribution >= 0.6 is 0 Å². The summed E-state index contributed by atoms with van der Waals surface area (Å²) in [5.74, 6) is 0.997. The molecule has 4 N–H and O–H groups in total. The molecule has 1 aromatic heterocycles. The van der Waals surface area contributed by atoms with Crippen molar-refractivity contribution in [2.24, 2.45) is 10.1 Å². The highest BCUT2D eigenvalue weighted by Crippen LogP contribution is 2.19. The zero-order chi connectivity index (χ0) is 25.7. The molecule has 0 spiro atoms. The number of hydrogen-bond acceptors (Lipinski definition) is 9. The fraction of sp³-hybridized carbons (Fsp3) is 0.333. The van der Waals surface area contributed by atoms with Gasteiger partial charge in [0.05, 0.1) is 38.4 Å². The van der Waals surface area contributed by atoms with Gasteiger partial charge in [-0.05, 0) is 36.8 Å². The average molecular weight is 498 g/mol. The molecule has 0 amide bonds. The molecule has 0 bridgehead atoms. The molecule has 1 aliphatic rings. The Balaban J connectivity index is 1.76. The molecule has 1 aliphatic heterocycles. The van der Waals surface area contributed by atoms with Gasteiger partial charge in [0.2, 0.25) is 11.5 Å². The summed E-state index contributed by atoms with van der Waals surface area (Å²) in [7, 11) is 0. The van der Waals surface area contributed by atoms with E-state index in [1.54, 1.807) is 24.3 Å². The summed E-state index contributed by atoms with van der Waals surface area (Å²) in [5.41, 5.74) is -1.42. The number of aromatic nitrogens is 3. The number of aromatic amines is 1. The number of nitrogens with zero attached hydrogens (tertiary/aromatic N) is 4. The van der Waals surface area contributed by atoms with E-state index >= 15 is 0 Å². The Bertz CT molecular complexity index is 1420. The lowest BCUT2D eigenvalue weighted by molar-refractivity contribution is -0.0676. The molecule has 0 radical (unpaired) electrons. The van der Waals surface area contributed by atoms with E-state index in [0.717, 1.165) is 15.7 Å². The third-order valence-electron chi connectivity index (χ3n) is 5.56. The second-order valence-electron chi connectivity index (χ2n) is 8.51. The van der Waals surface area contributed by atoms with Gasteiger partial charge in [0.1, 0.15) is 18.0 Å². The van der Waals surface area contributed by atoms with E-state index in [4.69, 9.17) is 9.57 Å². The van der Waals surface area contributed by atoms with Gasteiger partial charge in [-0.1, -0.05) is 35.0 Å². The van der Waals surface area contributed by atoms with Gasteiger partial charge in [-0.2, -0.15) is 0 Å². The Morgan fingerprint density at radius 2 is 1.78 bits per heavy atom. The van der Waals surface area contributed by atoms with Crippen LogP contribution in [0.1, 0.15) is 17.5 Å². The van der Waals surface area contributed by atoms with Crippen molar-refractivity contribution in [2.45, 2.75) is 32.0 Å². The average Bonchev–Trinajstić information content (AvgIpc) is 3.39. The van der Waals surface area contributed by atoms with Crippen LogP contribution in [-0.2, 0) is 17.9 Å². The van der Waals surface area contributed by atoms with E-state index in [-0.39, 0.29) is 12.2 Å². The standard InChI is InChI=1S/C24H27N5O7/c1-16-2-4-17(5-3-16)12-28-21(26-22(32)29(23(28)33)13-24(34,14-30)15-31)25-18-6-8-19(9-7-18)36-20-10-11-35-27-20/h2-9,30-31,34H,10-15H2,1H3,(H,25,26,32). The van der Waals surface area contributed by atoms with Gasteiger partial charge in [0.15, 0.2) is 0 Å². The van der Waals surface area contributed by atoms with E-state index in [2.05, 4.69) is 15.1 Å². The molecule has 0 aliphatic carbocycles. The van der Waals surface area contributed by atoms with Crippen LogP contribution in [0.4, 0.5) is 5.69 Å². The van der Waals surface area contributed by atoms with Crippen LogP contribution in [0.25, 0.3) is 0 Å². The highest BCUT2D eigenvalue weighted by Gasteiger charge is 2.28. The van der Waals surface area contributed by atoms with Gasteiger partial charge in [0.25, 0.3) is 0 Å². The fourth-order valence-electron chi connectivity index (χ4n) is 3.46. The van der Waals surface area contributed by atoms with Crippen LogP contribution in [0.15, 0.2) is 68.3 Å². The minimum atomic E-state index is -2.05. The number of ether oxygens (including phenoxy) is 1. The summed E-state index contributed by atoms with van der Waals surface area (Å²) in [5, 5.41) is 33.0. The van der Waals surface area contributed by atoms with Gasteiger partial charge < -0.3 is 24.9 Å². The van der Waals surface area contributed by atoms with Gasteiger partial charge in [-0.25, -0.2) is 19.1 Å². The molecule has 2 aromatic carbocycles. The second kappa shape index (κ2) is 10.7. The number of oxime groups is 1. The van der Waals surface area contributed by atoms with Crippen molar-refractivity contribution in [3.8, 4) is 5.75 Å². The molecule has 0 unspecified atom stereocenters. The summed E-state index contributed by atoms with van der Waals surface area (Å²) >= 11 is 0. The molecule has 190 valence electrons. The molecule has 0 saturated heterocycles. The number of rotatable bonds is 8. The predicted molar refractivity (Wildman–Crippen MR) is 129 cm³/mol. The Labute approximate surface area is 205 Å². The largest absolute Gasteiger partial charge is 0.440 e. The minimum absolute atomic E-state index is 0.0133. The number of hydrogen-bond donors (Lipinski definition) is 4. The third kappa shape index (κ3) is 5.79. The first-order valence-corrected chi connectivity index (χ1v) is 11.3. The number of nitrogens with one attached hydrogen (secondary N) is 1. The third-order valence-corrected chi connectivity index (χ3v) is 5.56. The molecule has 12 nitrogen and oxygen atoms in total. The Hall–Kier alpha value is -4.00. The van der Waals surface area contributed by atoms with Gasteiger partial charge in [-0.3, -0.25) is 9.55 Å². The summed E-state index contributed by atoms with van der Waals surface area (Å²) in [6.45, 7) is 0.193. The molecule has 4 rings (SSSR count). The monoisotopic (exact) mass is 497 g/mol. The molecular formula is C24H27N5O7. The molecule has 0 fully saturated rings. The van der Waals surface area contributed by atoms with Crippen LogP contribution in [0.2, 0.25) is 0 Å². The number of aliphatic hydroxyl groups is 3. The van der Waals surface area contributed by atoms with Crippen molar-refractivity contribution < 1.29 is 24.9 Å². The quantitative estimate of drug-likeness (QED) is 0.333. The van der Waals surface area contributed by atoms with E-state index < -0.39 is 36.7 Å². The first kappa shape index (κ1) is 25.1. The maximum atomic E-state index is 13.4. The Kier molecular flexibility index (Phi) is 7.48. The van der Waals surface area contributed by atoms with Crippen molar-refractivity contribution in [1.29, 1.82) is 0 Å². The summed E-state index contributed by atoms with van der Waals surface area (Å²) < 4.78 is 7.59. The zero-order valence-electron chi connectivity index (χ0n) is 19.6. The van der Waals surface area contributed by atoms with Crippen molar-refractivity contribution in [1.82, 2.24) is 14.1 Å². The second-order valence-corrected chi connectivity index (χ2v) is 8.51. The lowest BCUT2D eigenvalue weighted by Gasteiger charge is -2.23. The van der Waals surface area contributed by atoms with Crippen molar-refractivity contribution in [3.63, 3.8) is 0 Å². The zero-order valence-corrected chi connectivity index (χ0v) is 19.6. The smallest absolute Gasteiger partial charge is 0.335 e.